The van der Waals surface area contributed by atoms with Crippen molar-refractivity contribution in [2.45, 2.75) is 37.6 Å². The molecule has 1 aromatic carbocycles. The molecule has 1 aliphatic rings. The standard InChI is InChI=1S/C14H21N.ClH/c1-15(2)14(10-6-7-11-14)12-13-8-4-3-5-9-13;/h3-5,8-9H,6-7,10-12H2,1-2H3;1H. The van der Waals surface area contributed by atoms with Gasteiger partial charge in [0.25, 0.3) is 0 Å². The minimum atomic E-state index is 0. The predicted molar refractivity (Wildman–Crippen MR) is 72.3 cm³/mol. The summed E-state index contributed by atoms with van der Waals surface area (Å²) in [4.78, 5) is 2.44. The quantitative estimate of drug-likeness (QED) is 0.780. The van der Waals surface area contributed by atoms with E-state index < -0.39 is 0 Å². The Balaban J connectivity index is 0.00000128. The van der Waals surface area contributed by atoms with Gasteiger partial charge in [0.15, 0.2) is 0 Å². The maximum atomic E-state index is 2.44. The van der Waals surface area contributed by atoms with E-state index in [9.17, 15) is 0 Å². The van der Waals surface area contributed by atoms with Crippen LogP contribution >= 0.6 is 12.4 Å². The van der Waals surface area contributed by atoms with Crippen molar-refractivity contribution in [1.82, 2.24) is 4.90 Å². The van der Waals surface area contributed by atoms with Gasteiger partial charge in [0.1, 0.15) is 0 Å². The Kier molecular flexibility index (Phi) is 4.82. The molecule has 0 amide bonds. The number of likely N-dealkylation sites (N-methyl/N-ethyl adjacent to an activating group) is 1. The van der Waals surface area contributed by atoms with Crippen LogP contribution in [-0.4, -0.2) is 24.5 Å². The molecule has 1 saturated carbocycles. The highest BCUT2D eigenvalue weighted by Crippen LogP contribution is 2.36. The highest BCUT2D eigenvalue weighted by Gasteiger charge is 2.35. The summed E-state index contributed by atoms with van der Waals surface area (Å²) in [6, 6.07) is 10.9. The summed E-state index contributed by atoms with van der Waals surface area (Å²) in [6.07, 6.45) is 6.71. The molecule has 2 heteroatoms. The maximum Gasteiger partial charge on any atom is 0.0243 e. The molecule has 0 atom stereocenters. The number of hydrogen-bond acceptors (Lipinski definition) is 1. The molecule has 0 bridgehead atoms. The van der Waals surface area contributed by atoms with Crippen LogP contribution < -0.4 is 0 Å². The van der Waals surface area contributed by atoms with Crippen LogP contribution in [0.4, 0.5) is 0 Å². The third-order valence-electron chi connectivity index (χ3n) is 3.86. The summed E-state index contributed by atoms with van der Waals surface area (Å²) in [7, 11) is 4.46. The van der Waals surface area contributed by atoms with Gasteiger partial charge in [-0.05, 0) is 38.9 Å². The molecular formula is C14H22ClN. The Morgan fingerprint density at radius 1 is 1.06 bits per heavy atom. The smallest absolute Gasteiger partial charge is 0.0243 e. The van der Waals surface area contributed by atoms with Gasteiger partial charge >= 0.3 is 0 Å². The fourth-order valence-corrected chi connectivity index (χ4v) is 2.79. The lowest BCUT2D eigenvalue weighted by Crippen LogP contribution is -2.43. The van der Waals surface area contributed by atoms with Gasteiger partial charge < -0.3 is 4.90 Å². The summed E-state index contributed by atoms with van der Waals surface area (Å²) >= 11 is 0. The van der Waals surface area contributed by atoms with E-state index in [-0.39, 0.29) is 12.4 Å². The molecule has 1 nitrogen and oxygen atoms in total. The highest BCUT2D eigenvalue weighted by atomic mass is 35.5. The summed E-state index contributed by atoms with van der Waals surface area (Å²) in [5.41, 5.74) is 1.91. The van der Waals surface area contributed by atoms with Crippen molar-refractivity contribution in [3.05, 3.63) is 35.9 Å². The van der Waals surface area contributed by atoms with Crippen molar-refractivity contribution in [2.24, 2.45) is 0 Å². The van der Waals surface area contributed by atoms with Crippen LogP contribution in [0.5, 0.6) is 0 Å². The molecule has 0 aromatic heterocycles. The number of hydrogen-bond donors (Lipinski definition) is 0. The van der Waals surface area contributed by atoms with Gasteiger partial charge in [-0.1, -0.05) is 43.2 Å². The summed E-state index contributed by atoms with van der Waals surface area (Å²) in [5, 5.41) is 0. The minimum absolute atomic E-state index is 0. The number of rotatable bonds is 3. The molecule has 1 aliphatic carbocycles. The first-order valence-corrected chi connectivity index (χ1v) is 5.94. The summed E-state index contributed by atoms with van der Waals surface area (Å²) < 4.78 is 0. The lowest BCUT2D eigenvalue weighted by Gasteiger charge is -2.36. The molecule has 0 unspecified atom stereocenters. The molecule has 1 aromatic rings. The average molecular weight is 240 g/mol. The Morgan fingerprint density at radius 3 is 2.12 bits per heavy atom. The highest BCUT2D eigenvalue weighted by molar-refractivity contribution is 5.85. The fourth-order valence-electron chi connectivity index (χ4n) is 2.79. The Morgan fingerprint density at radius 2 is 1.62 bits per heavy atom. The van der Waals surface area contributed by atoms with Gasteiger partial charge in [0.2, 0.25) is 0 Å². The van der Waals surface area contributed by atoms with E-state index in [1.807, 2.05) is 0 Å². The van der Waals surface area contributed by atoms with E-state index in [1.165, 1.54) is 37.7 Å². The van der Waals surface area contributed by atoms with Crippen molar-refractivity contribution in [2.75, 3.05) is 14.1 Å². The second-order valence-corrected chi connectivity index (χ2v) is 4.99. The van der Waals surface area contributed by atoms with Gasteiger partial charge in [0.05, 0.1) is 0 Å². The van der Waals surface area contributed by atoms with Crippen molar-refractivity contribution < 1.29 is 0 Å². The number of nitrogens with zero attached hydrogens (tertiary/aromatic N) is 1. The Hall–Kier alpha value is -0.530. The largest absolute Gasteiger partial charge is 0.303 e. The van der Waals surface area contributed by atoms with Crippen LogP contribution in [-0.2, 0) is 6.42 Å². The Labute approximate surface area is 105 Å². The van der Waals surface area contributed by atoms with Crippen molar-refractivity contribution in [3.63, 3.8) is 0 Å². The average Bonchev–Trinajstić information content (AvgIpc) is 2.69. The van der Waals surface area contributed by atoms with E-state index in [1.54, 1.807) is 0 Å². The van der Waals surface area contributed by atoms with E-state index in [2.05, 4.69) is 49.3 Å². The lowest BCUT2D eigenvalue weighted by molar-refractivity contribution is 0.157. The zero-order chi connectivity index (χ0) is 10.7. The molecule has 1 fully saturated rings. The van der Waals surface area contributed by atoms with E-state index >= 15 is 0 Å². The van der Waals surface area contributed by atoms with Crippen molar-refractivity contribution >= 4 is 12.4 Å². The van der Waals surface area contributed by atoms with Crippen LogP contribution in [0.15, 0.2) is 30.3 Å². The van der Waals surface area contributed by atoms with Gasteiger partial charge in [0, 0.05) is 5.54 Å². The molecule has 0 N–H and O–H groups in total. The first-order valence-electron chi connectivity index (χ1n) is 5.94. The van der Waals surface area contributed by atoms with Crippen LogP contribution in [0, 0.1) is 0 Å². The van der Waals surface area contributed by atoms with E-state index in [4.69, 9.17) is 0 Å². The molecule has 0 saturated heterocycles. The number of halogens is 1. The monoisotopic (exact) mass is 239 g/mol. The first kappa shape index (κ1) is 13.5. The normalized spacial score (nSPS) is 18.4. The van der Waals surface area contributed by atoms with Crippen molar-refractivity contribution in [1.29, 1.82) is 0 Å². The molecule has 16 heavy (non-hydrogen) atoms. The maximum absolute atomic E-state index is 2.44. The second-order valence-electron chi connectivity index (χ2n) is 4.99. The first-order chi connectivity index (χ1) is 7.23. The Bertz CT molecular complexity index is 302. The van der Waals surface area contributed by atoms with Crippen LogP contribution in [0.25, 0.3) is 0 Å². The lowest BCUT2D eigenvalue weighted by atomic mass is 9.88. The molecule has 0 spiro atoms. The van der Waals surface area contributed by atoms with Crippen LogP contribution in [0.3, 0.4) is 0 Å². The van der Waals surface area contributed by atoms with E-state index in [0.717, 1.165) is 0 Å². The fraction of sp³-hybridized carbons (Fsp3) is 0.571. The van der Waals surface area contributed by atoms with Gasteiger partial charge in [-0.2, -0.15) is 0 Å². The molecule has 0 aliphatic heterocycles. The van der Waals surface area contributed by atoms with E-state index in [0.29, 0.717) is 5.54 Å². The topological polar surface area (TPSA) is 3.24 Å². The van der Waals surface area contributed by atoms with Crippen LogP contribution in [0.1, 0.15) is 31.2 Å². The SMILES string of the molecule is CN(C)C1(Cc2ccccc2)CCCC1.Cl. The molecular weight excluding hydrogens is 218 g/mol. The number of benzene rings is 1. The molecule has 2 rings (SSSR count). The third kappa shape index (κ3) is 2.78. The summed E-state index contributed by atoms with van der Waals surface area (Å²) in [6.45, 7) is 0. The second kappa shape index (κ2) is 5.70. The third-order valence-corrected chi connectivity index (χ3v) is 3.86. The zero-order valence-corrected chi connectivity index (χ0v) is 11.1. The van der Waals surface area contributed by atoms with Gasteiger partial charge in [-0.25, -0.2) is 0 Å². The van der Waals surface area contributed by atoms with Crippen LogP contribution in [0.2, 0.25) is 0 Å². The molecule has 0 radical (unpaired) electrons. The zero-order valence-electron chi connectivity index (χ0n) is 10.3. The summed E-state index contributed by atoms with van der Waals surface area (Å²) in [5.74, 6) is 0. The van der Waals surface area contributed by atoms with Gasteiger partial charge in [-0.15, -0.1) is 12.4 Å². The predicted octanol–water partition coefficient (Wildman–Crippen LogP) is 3.53. The van der Waals surface area contributed by atoms with Crippen molar-refractivity contribution in [3.8, 4) is 0 Å². The minimum Gasteiger partial charge on any atom is -0.303 e. The molecule has 90 valence electrons. The van der Waals surface area contributed by atoms with Gasteiger partial charge in [-0.3, -0.25) is 0 Å². The molecule has 0 heterocycles.